The molecule has 2 N–H and O–H groups in total. The molecular weight excluding hydrogens is 387 g/mol. The van der Waals surface area contributed by atoms with E-state index >= 15 is 0 Å². The fourth-order valence-corrected chi connectivity index (χ4v) is 2.21. The number of benzene rings is 2. The molecule has 3 aromatic rings. The third-order valence-corrected chi connectivity index (χ3v) is 3.59. The van der Waals surface area contributed by atoms with E-state index < -0.39 is 18.0 Å². The van der Waals surface area contributed by atoms with Crippen LogP contribution in [-0.4, -0.2) is 33.3 Å². The Bertz CT molecular complexity index is 982. The van der Waals surface area contributed by atoms with Gasteiger partial charge >= 0.3 is 12.3 Å². The van der Waals surface area contributed by atoms with Gasteiger partial charge < -0.3 is 10.5 Å². The fourth-order valence-electron chi connectivity index (χ4n) is 2.21. The maximum atomic E-state index is 12.9. The van der Waals surface area contributed by atoms with Gasteiger partial charge in [0.05, 0.1) is 5.69 Å². The average Bonchev–Trinajstić information content (AvgIpc) is 3.03. The number of anilines is 1. The molecule has 0 unspecified atom stereocenters. The van der Waals surface area contributed by atoms with E-state index in [1.807, 2.05) is 0 Å². The number of nitrogen functional groups attached to an aromatic ring is 1. The zero-order valence-electron chi connectivity index (χ0n) is 13.8. The minimum absolute atomic E-state index is 0.0382. The Labute approximate surface area is 154 Å². The SMILES string of the molecule is Nc1nc(-c2ccc(C=O)cc2)nn1-c1ccc(OC(F)(F)C(F)(F)F)cc1. The summed E-state index contributed by atoms with van der Waals surface area (Å²) in [5.41, 5.74) is 7.09. The maximum Gasteiger partial charge on any atom is 0.499 e. The number of nitrogens with zero attached hydrogens (tertiary/aromatic N) is 3. The zero-order valence-corrected chi connectivity index (χ0v) is 13.8. The maximum absolute atomic E-state index is 12.9. The molecule has 0 aliphatic carbocycles. The Balaban J connectivity index is 1.84. The summed E-state index contributed by atoms with van der Waals surface area (Å²) < 4.78 is 67.3. The van der Waals surface area contributed by atoms with Gasteiger partial charge in [-0.3, -0.25) is 4.79 Å². The van der Waals surface area contributed by atoms with Crippen molar-refractivity contribution in [2.45, 2.75) is 12.3 Å². The molecule has 1 heterocycles. The minimum Gasteiger partial charge on any atom is -0.426 e. The van der Waals surface area contributed by atoms with Crippen LogP contribution < -0.4 is 10.5 Å². The molecule has 3 rings (SSSR count). The number of hydrogen-bond acceptors (Lipinski definition) is 5. The topological polar surface area (TPSA) is 83.0 Å². The number of aromatic nitrogens is 3. The van der Waals surface area contributed by atoms with Crippen molar-refractivity contribution in [1.82, 2.24) is 14.8 Å². The van der Waals surface area contributed by atoms with Crippen LogP contribution >= 0.6 is 0 Å². The zero-order chi connectivity index (χ0) is 20.5. The number of rotatable bonds is 5. The lowest BCUT2D eigenvalue weighted by Gasteiger charge is -2.20. The Morgan fingerprint density at radius 3 is 2.11 bits per heavy atom. The number of nitrogens with two attached hydrogens (primary N) is 1. The van der Waals surface area contributed by atoms with E-state index in [2.05, 4.69) is 14.8 Å². The lowest BCUT2D eigenvalue weighted by atomic mass is 10.1. The van der Waals surface area contributed by atoms with E-state index in [1.165, 1.54) is 16.8 Å². The van der Waals surface area contributed by atoms with Crippen LogP contribution in [0.25, 0.3) is 17.1 Å². The molecule has 28 heavy (non-hydrogen) atoms. The fraction of sp³-hybridized carbons (Fsp3) is 0.118. The molecule has 11 heteroatoms. The molecule has 0 saturated heterocycles. The monoisotopic (exact) mass is 398 g/mol. The molecule has 0 fully saturated rings. The summed E-state index contributed by atoms with van der Waals surface area (Å²) in [4.78, 5) is 14.8. The molecule has 0 aliphatic rings. The number of carbonyl (C=O) groups excluding carboxylic acids is 1. The second kappa shape index (κ2) is 6.91. The van der Waals surface area contributed by atoms with Crippen LogP contribution in [0.2, 0.25) is 0 Å². The number of hydrogen-bond donors (Lipinski definition) is 1. The lowest BCUT2D eigenvalue weighted by Crippen LogP contribution is -2.41. The van der Waals surface area contributed by atoms with Crippen LogP contribution in [0.4, 0.5) is 27.9 Å². The largest absolute Gasteiger partial charge is 0.499 e. The summed E-state index contributed by atoms with van der Waals surface area (Å²) in [7, 11) is 0. The van der Waals surface area contributed by atoms with Crippen LogP contribution in [0.15, 0.2) is 48.5 Å². The van der Waals surface area contributed by atoms with Crippen LogP contribution in [0.1, 0.15) is 10.4 Å². The van der Waals surface area contributed by atoms with E-state index in [9.17, 15) is 26.7 Å². The van der Waals surface area contributed by atoms with Crippen molar-refractivity contribution in [2.75, 3.05) is 5.73 Å². The lowest BCUT2D eigenvalue weighted by molar-refractivity contribution is -0.360. The van der Waals surface area contributed by atoms with Crippen molar-refractivity contribution in [3.05, 3.63) is 54.1 Å². The summed E-state index contributed by atoms with van der Waals surface area (Å²) in [6.07, 6.45) is -10.5. The molecule has 6 nitrogen and oxygen atoms in total. The Morgan fingerprint density at radius 1 is 0.964 bits per heavy atom. The van der Waals surface area contributed by atoms with Gasteiger partial charge in [-0.15, -0.1) is 5.10 Å². The molecule has 0 bridgehead atoms. The predicted octanol–water partition coefficient (Wildman–Crippen LogP) is 3.86. The van der Waals surface area contributed by atoms with Crippen molar-refractivity contribution in [3.8, 4) is 22.8 Å². The molecule has 0 spiro atoms. The Morgan fingerprint density at radius 2 is 1.57 bits per heavy atom. The molecular formula is C17H11F5N4O2. The minimum atomic E-state index is -5.84. The molecule has 0 amide bonds. The highest BCUT2D eigenvalue weighted by molar-refractivity contribution is 5.76. The van der Waals surface area contributed by atoms with Gasteiger partial charge in [0, 0.05) is 11.1 Å². The number of aldehydes is 1. The average molecular weight is 398 g/mol. The van der Waals surface area contributed by atoms with Gasteiger partial charge in [0.2, 0.25) is 5.95 Å². The van der Waals surface area contributed by atoms with E-state index in [1.54, 1.807) is 24.3 Å². The second-order valence-corrected chi connectivity index (χ2v) is 5.56. The van der Waals surface area contributed by atoms with Gasteiger partial charge in [-0.05, 0) is 24.3 Å². The third kappa shape index (κ3) is 3.77. The molecule has 2 aromatic carbocycles. The van der Waals surface area contributed by atoms with Crippen LogP contribution in [-0.2, 0) is 0 Å². The summed E-state index contributed by atoms with van der Waals surface area (Å²) in [5.74, 6) is -0.489. The first-order valence-corrected chi connectivity index (χ1v) is 7.63. The van der Waals surface area contributed by atoms with Crippen molar-refractivity contribution in [3.63, 3.8) is 0 Å². The van der Waals surface area contributed by atoms with Crippen LogP contribution in [0, 0.1) is 0 Å². The highest BCUT2D eigenvalue weighted by Gasteiger charge is 2.61. The van der Waals surface area contributed by atoms with Gasteiger partial charge in [-0.2, -0.15) is 31.6 Å². The first-order chi connectivity index (χ1) is 13.1. The molecule has 0 radical (unpaired) electrons. The molecule has 0 saturated carbocycles. The second-order valence-electron chi connectivity index (χ2n) is 5.56. The highest BCUT2D eigenvalue weighted by atomic mass is 19.4. The van der Waals surface area contributed by atoms with Gasteiger partial charge in [-0.25, -0.2) is 0 Å². The third-order valence-electron chi connectivity index (χ3n) is 3.59. The van der Waals surface area contributed by atoms with E-state index in [4.69, 9.17) is 5.73 Å². The van der Waals surface area contributed by atoms with Gasteiger partial charge in [0.1, 0.15) is 12.0 Å². The van der Waals surface area contributed by atoms with E-state index in [0.717, 1.165) is 12.1 Å². The van der Waals surface area contributed by atoms with Crippen molar-refractivity contribution in [1.29, 1.82) is 0 Å². The van der Waals surface area contributed by atoms with Gasteiger partial charge in [0.15, 0.2) is 5.82 Å². The smallest absolute Gasteiger partial charge is 0.426 e. The first kappa shape index (κ1) is 19.3. The van der Waals surface area contributed by atoms with Crippen LogP contribution in [0.3, 0.4) is 0 Å². The summed E-state index contributed by atoms with van der Waals surface area (Å²) in [6.45, 7) is 0. The van der Waals surface area contributed by atoms with E-state index in [-0.39, 0.29) is 17.5 Å². The van der Waals surface area contributed by atoms with Crippen molar-refractivity contribution in [2.24, 2.45) is 0 Å². The number of halogens is 5. The number of alkyl halides is 5. The predicted molar refractivity (Wildman–Crippen MR) is 88.2 cm³/mol. The Hall–Kier alpha value is -3.50. The molecule has 0 aliphatic heterocycles. The first-order valence-electron chi connectivity index (χ1n) is 7.63. The standard InChI is InChI=1S/C17H11F5N4O2/c18-16(19,20)17(21,22)28-13-7-5-12(6-8-13)26-15(23)24-14(25-26)11-3-1-10(9-27)2-4-11/h1-9H,(H2,23,24,25). The molecule has 1 aromatic heterocycles. The molecule has 0 atom stereocenters. The van der Waals surface area contributed by atoms with Gasteiger partial charge in [-0.1, -0.05) is 24.3 Å². The van der Waals surface area contributed by atoms with Crippen molar-refractivity contribution < 1.29 is 31.5 Å². The normalized spacial score (nSPS) is 12.0. The quantitative estimate of drug-likeness (QED) is 0.521. The summed E-state index contributed by atoms with van der Waals surface area (Å²) in [5, 5.41) is 4.17. The van der Waals surface area contributed by atoms with E-state index in [0.29, 0.717) is 17.4 Å². The number of carbonyl (C=O) groups is 1. The Kier molecular flexibility index (Phi) is 4.75. The summed E-state index contributed by atoms with van der Waals surface area (Å²) in [6, 6.07) is 10.6. The molecule has 146 valence electrons. The summed E-state index contributed by atoms with van der Waals surface area (Å²) >= 11 is 0. The van der Waals surface area contributed by atoms with Crippen LogP contribution in [0.5, 0.6) is 5.75 Å². The highest BCUT2D eigenvalue weighted by Crippen LogP contribution is 2.37. The number of ether oxygens (including phenoxy) is 1. The van der Waals surface area contributed by atoms with Crippen molar-refractivity contribution >= 4 is 12.2 Å². The van der Waals surface area contributed by atoms with Gasteiger partial charge in [0.25, 0.3) is 0 Å².